The van der Waals surface area contributed by atoms with Gasteiger partial charge in [-0.2, -0.15) is 13.2 Å². The lowest BCUT2D eigenvalue weighted by Gasteiger charge is -2.37. The van der Waals surface area contributed by atoms with Crippen molar-refractivity contribution in [2.45, 2.75) is 6.18 Å². The van der Waals surface area contributed by atoms with Gasteiger partial charge in [0, 0.05) is 31.9 Å². The Morgan fingerprint density at radius 2 is 1.93 bits per heavy atom. The van der Waals surface area contributed by atoms with Gasteiger partial charge in [-0.25, -0.2) is 4.79 Å². The van der Waals surface area contributed by atoms with Crippen LogP contribution in [0.2, 0.25) is 0 Å². The smallest absolute Gasteiger partial charge is 0.416 e. The van der Waals surface area contributed by atoms with E-state index < -0.39 is 17.7 Å². The van der Waals surface area contributed by atoms with Gasteiger partial charge in [0.1, 0.15) is 4.88 Å². The van der Waals surface area contributed by atoms with E-state index in [1.165, 1.54) is 30.6 Å². The molecule has 0 aliphatic carbocycles. The van der Waals surface area contributed by atoms with Gasteiger partial charge in [-0.3, -0.25) is 0 Å². The van der Waals surface area contributed by atoms with E-state index in [-0.39, 0.29) is 0 Å². The second-order valence-electron chi connectivity index (χ2n) is 6.11. The molecule has 1 aromatic carbocycles. The molecule has 10 heteroatoms. The number of hydrogen-bond acceptors (Lipinski definition) is 5. The average Bonchev–Trinajstić information content (AvgIpc) is 3.15. The number of piperazine rings is 1. The number of thiocarbonyl (C=S) groups is 1. The zero-order chi connectivity index (χ0) is 20.3. The first kappa shape index (κ1) is 20.4. The number of nitrogens with one attached hydrogen (secondary N) is 1. The highest BCUT2D eigenvalue weighted by atomic mass is 32.1. The first-order valence-electron chi connectivity index (χ1n) is 8.43. The molecule has 0 radical (unpaired) electrons. The Kier molecular flexibility index (Phi) is 6.09. The fourth-order valence-corrected chi connectivity index (χ4v) is 3.96. The van der Waals surface area contributed by atoms with Gasteiger partial charge < -0.3 is 19.9 Å². The van der Waals surface area contributed by atoms with E-state index in [0.717, 1.165) is 6.07 Å². The van der Waals surface area contributed by atoms with Crippen LogP contribution in [0, 0.1) is 0 Å². The third-order valence-electron chi connectivity index (χ3n) is 4.38. The molecule has 1 N–H and O–H groups in total. The summed E-state index contributed by atoms with van der Waals surface area (Å²) in [5.41, 5.74) is 0.471. The van der Waals surface area contributed by atoms with Crippen molar-refractivity contribution in [2.75, 3.05) is 43.5 Å². The number of anilines is 2. The maximum absolute atomic E-state index is 12.9. The van der Waals surface area contributed by atoms with Crippen LogP contribution in [0.3, 0.4) is 0 Å². The van der Waals surface area contributed by atoms with Gasteiger partial charge in [0.05, 0.1) is 18.4 Å². The summed E-state index contributed by atoms with van der Waals surface area (Å²) in [7, 11) is 1.32. The monoisotopic (exact) mass is 429 g/mol. The summed E-state index contributed by atoms with van der Waals surface area (Å²) >= 11 is 6.69. The van der Waals surface area contributed by atoms with Crippen molar-refractivity contribution in [3.05, 3.63) is 46.2 Å². The molecule has 1 saturated heterocycles. The molecular weight excluding hydrogens is 411 g/mol. The molecule has 150 valence electrons. The summed E-state index contributed by atoms with van der Waals surface area (Å²) in [5, 5.41) is 5.29. The predicted molar refractivity (Wildman–Crippen MR) is 107 cm³/mol. The van der Waals surface area contributed by atoms with Crippen LogP contribution >= 0.6 is 23.6 Å². The summed E-state index contributed by atoms with van der Waals surface area (Å²) in [6.07, 6.45) is -4.36. The first-order valence-corrected chi connectivity index (χ1v) is 9.72. The van der Waals surface area contributed by atoms with Crippen LogP contribution in [0.4, 0.5) is 24.5 Å². The highest BCUT2D eigenvalue weighted by Crippen LogP contribution is 2.32. The SMILES string of the molecule is COC(=O)c1sccc1NC(=S)N1CCN(c2cccc(C(F)(F)F)c2)CC1. The summed E-state index contributed by atoms with van der Waals surface area (Å²) < 4.78 is 43.5. The second-order valence-corrected chi connectivity index (χ2v) is 7.41. The van der Waals surface area contributed by atoms with Gasteiger partial charge in [-0.15, -0.1) is 11.3 Å². The molecule has 0 amide bonds. The molecule has 0 saturated carbocycles. The van der Waals surface area contributed by atoms with Gasteiger partial charge in [-0.05, 0) is 41.9 Å². The van der Waals surface area contributed by atoms with E-state index in [0.29, 0.717) is 47.5 Å². The maximum atomic E-state index is 12.9. The number of thiophene rings is 1. The van der Waals surface area contributed by atoms with Crippen molar-refractivity contribution in [3.8, 4) is 0 Å². The first-order chi connectivity index (χ1) is 13.3. The van der Waals surface area contributed by atoms with E-state index in [1.807, 2.05) is 9.80 Å². The van der Waals surface area contributed by atoms with Crippen molar-refractivity contribution in [1.29, 1.82) is 0 Å². The molecular formula is C18H18F3N3O2S2. The summed E-state index contributed by atoms with van der Waals surface area (Å²) in [4.78, 5) is 16.0. The van der Waals surface area contributed by atoms with E-state index in [9.17, 15) is 18.0 Å². The predicted octanol–water partition coefficient (Wildman–Crippen LogP) is 4.07. The van der Waals surface area contributed by atoms with Crippen LogP contribution in [0.15, 0.2) is 35.7 Å². The molecule has 3 rings (SSSR count). The lowest BCUT2D eigenvalue weighted by atomic mass is 10.1. The summed E-state index contributed by atoms with van der Waals surface area (Å²) in [5.74, 6) is -0.435. The van der Waals surface area contributed by atoms with Crippen molar-refractivity contribution >= 4 is 46.0 Å². The van der Waals surface area contributed by atoms with Crippen molar-refractivity contribution in [2.24, 2.45) is 0 Å². The number of esters is 1. The van der Waals surface area contributed by atoms with Crippen LogP contribution in [0.5, 0.6) is 0 Å². The van der Waals surface area contributed by atoms with Gasteiger partial charge in [0.25, 0.3) is 0 Å². The number of carbonyl (C=O) groups is 1. The zero-order valence-electron chi connectivity index (χ0n) is 15.0. The molecule has 0 spiro atoms. The zero-order valence-corrected chi connectivity index (χ0v) is 16.6. The van der Waals surface area contributed by atoms with Crippen LogP contribution in [-0.2, 0) is 10.9 Å². The van der Waals surface area contributed by atoms with Gasteiger partial charge in [-0.1, -0.05) is 6.07 Å². The van der Waals surface area contributed by atoms with Crippen LogP contribution in [0.25, 0.3) is 0 Å². The molecule has 1 fully saturated rings. The van der Waals surface area contributed by atoms with Crippen LogP contribution in [0.1, 0.15) is 15.2 Å². The van der Waals surface area contributed by atoms with Gasteiger partial charge in [0.15, 0.2) is 5.11 Å². The van der Waals surface area contributed by atoms with Gasteiger partial charge in [0.2, 0.25) is 0 Å². The second kappa shape index (κ2) is 8.36. The number of alkyl halides is 3. The Bertz CT molecular complexity index is 862. The molecule has 2 heterocycles. The van der Waals surface area contributed by atoms with Crippen molar-refractivity contribution < 1.29 is 22.7 Å². The minimum Gasteiger partial charge on any atom is -0.465 e. The summed E-state index contributed by atoms with van der Waals surface area (Å²) in [6.45, 7) is 2.19. The topological polar surface area (TPSA) is 44.8 Å². The Balaban J connectivity index is 1.61. The molecule has 2 aromatic rings. The third-order valence-corrected chi connectivity index (χ3v) is 5.64. The number of halogens is 3. The van der Waals surface area contributed by atoms with Crippen molar-refractivity contribution in [1.82, 2.24) is 4.90 Å². The van der Waals surface area contributed by atoms with Gasteiger partial charge >= 0.3 is 12.1 Å². The molecule has 28 heavy (non-hydrogen) atoms. The molecule has 0 bridgehead atoms. The lowest BCUT2D eigenvalue weighted by molar-refractivity contribution is -0.137. The largest absolute Gasteiger partial charge is 0.465 e. The van der Waals surface area contributed by atoms with E-state index in [1.54, 1.807) is 17.5 Å². The van der Waals surface area contributed by atoms with E-state index >= 15 is 0 Å². The fourth-order valence-electron chi connectivity index (χ4n) is 2.90. The average molecular weight is 429 g/mol. The number of ether oxygens (including phenoxy) is 1. The highest BCUT2D eigenvalue weighted by Gasteiger charge is 2.31. The number of hydrogen-bond donors (Lipinski definition) is 1. The maximum Gasteiger partial charge on any atom is 0.416 e. The molecule has 0 unspecified atom stereocenters. The summed E-state index contributed by atoms with van der Waals surface area (Å²) in [6, 6.07) is 7.08. The standard InChI is InChI=1S/C18H18F3N3O2S2/c1-26-16(25)15-14(5-10-28-15)22-17(27)24-8-6-23(7-9-24)13-4-2-3-12(11-13)18(19,20)21/h2-5,10-11H,6-9H2,1H3,(H,22,27). The normalized spacial score (nSPS) is 14.7. The quantitative estimate of drug-likeness (QED) is 0.586. The molecule has 1 aromatic heterocycles. The molecule has 1 aliphatic rings. The number of rotatable bonds is 3. The molecule has 0 atom stereocenters. The fraction of sp³-hybridized carbons (Fsp3) is 0.333. The molecule has 5 nitrogen and oxygen atoms in total. The van der Waals surface area contributed by atoms with Crippen LogP contribution in [-0.4, -0.2) is 49.3 Å². The number of nitrogens with zero attached hydrogens (tertiary/aromatic N) is 2. The lowest BCUT2D eigenvalue weighted by Crippen LogP contribution is -2.50. The Labute approximate surface area is 169 Å². The number of carbonyl (C=O) groups excluding carboxylic acids is 1. The number of methoxy groups -OCH3 is 1. The van der Waals surface area contributed by atoms with Crippen molar-refractivity contribution in [3.63, 3.8) is 0 Å². The van der Waals surface area contributed by atoms with Crippen LogP contribution < -0.4 is 10.2 Å². The minimum absolute atomic E-state index is 0.435. The van der Waals surface area contributed by atoms with E-state index in [4.69, 9.17) is 17.0 Å². The number of benzene rings is 1. The Hall–Kier alpha value is -2.33. The Morgan fingerprint density at radius 3 is 2.57 bits per heavy atom. The molecule has 1 aliphatic heterocycles. The third kappa shape index (κ3) is 4.56. The Morgan fingerprint density at radius 1 is 1.21 bits per heavy atom. The minimum atomic E-state index is -4.36. The highest BCUT2D eigenvalue weighted by molar-refractivity contribution is 7.80. The van der Waals surface area contributed by atoms with E-state index in [2.05, 4.69) is 5.32 Å².